The average Bonchev–Trinajstić information content (AvgIpc) is 2.08. The van der Waals surface area contributed by atoms with Crippen molar-refractivity contribution < 1.29 is 9.90 Å². The maximum absolute atomic E-state index is 11.6. The van der Waals surface area contributed by atoms with Crippen molar-refractivity contribution in [3.05, 3.63) is 0 Å². The van der Waals surface area contributed by atoms with Crippen LogP contribution in [-0.2, 0) is 4.79 Å². The Morgan fingerprint density at radius 2 is 2.25 bits per heavy atom. The van der Waals surface area contributed by atoms with Crippen molar-refractivity contribution in [2.75, 3.05) is 0 Å². The molecule has 12 heavy (non-hydrogen) atoms. The van der Waals surface area contributed by atoms with Crippen molar-refractivity contribution in [2.45, 2.75) is 45.6 Å². The van der Waals surface area contributed by atoms with E-state index in [0.717, 1.165) is 19.3 Å². The molecule has 0 aromatic carbocycles. The molecule has 2 heteroatoms. The van der Waals surface area contributed by atoms with Crippen LogP contribution in [0.4, 0.5) is 0 Å². The van der Waals surface area contributed by atoms with Crippen molar-refractivity contribution in [1.29, 1.82) is 0 Å². The smallest absolute Gasteiger partial charge is 0.141 e. The molecule has 2 nitrogen and oxygen atoms in total. The van der Waals surface area contributed by atoms with Crippen molar-refractivity contribution in [3.8, 4) is 0 Å². The van der Waals surface area contributed by atoms with E-state index in [4.69, 9.17) is 0 Å². The summed E-state index contributed by atoms with van der Waals surface area (Å²) < 4.78 is 0. The molecule has 1 aliphatic carbocycles. The Labute approximate surface area is 74.0 Å². The zero-order valence-electron chi connectivity index (χ0n) is 7.92. The fraction of sp³-hybridized carbons (Fsp3) is 0.900. The van der Waals surface area contributed by atoms with Gasteiger partial charge < -0.3 is 5.11 Å². The van der Waals surface area contributed by atoms with Crippen LogP contribution in [0.3, 0.4) is 0 Å². The van der Waals surface area contributed by atoms with Crippen molar-refractivity contribution >= 4 is 5.78 Å². The summed E-state index contributed by atoms with van der Waals surface area (Å²) in [6.07, 6.45) is 3.28. The number of carbonyl (C=O) groups is 1. The number of carbonyl (C=O) groups excluding carboxylic acids is 1. The van der Waals surface area contributed by atoms with E-state index < -0.39 is 6.10 Å². The number of ketones is 1. The quantitative estimate of drug-likeness (QED) is 0.685. The van der Waals surface area contributed by atoms with E-state index in [1.54, 1.807) is 0 Å². The van der Waals surface area contributed by atoms with Gasteiger partial charge in [0.2, 0.25) is 0 Å². The highest BCUT2D eigenvalue weighted by atomic mass is 16.3. The van der Waals surface area contributed by atoms with Crippen LogP contribution in [0, 0.1) is 11.8 Å². The molecule has 0 bridgehead atoms. The topological polar surface area (TPSA) is 37.3 Å². The Morgan fingerprint density at radius 1 is 1.58 bits per heavy atom. The fourth-order valence-corrected chi connectivity index (χ4v) is 1.96. The summed E-state index contributed by atoms with van der Waals surface area (Å²) in [5, 5.41) is 9.55. The lowest BCUT2D eigenvalue weighted by atomic mass is 9.78. The molecule has 1 rings (SSSR count). The third-order valence-corrected chi connectivity index (χ3v) is 2.89. The van der Waals surface area contributed by atoms with E-state index in [9.17, 15) is 9.90 Å². The van der Waals surface area contributed by atoms with Gasteiger partial charge in [-0.15, -0.1) is 0 Å². The van der Waals surface area contributed by atoms with E-state index in [1.165, 1.54) is 0 Å². The first kappa shape index (κ1) is 9.72. The molecule has 0 heterocycles. The van der Waals surface area contributed by atoms with Crippen LogP contribution in [0.25, 0.3) is 0 Å². The molecule has 0 aromatic rings. The molecule has 3 atom stereocenters. The lowest BCUT2D eigenvalue weighted by molar-refractivity contribution is -0.132. The van der Waals surface area contributed by atoms with Gasteiger partial charge in [0.15, 0.2) is 0 Å². The van der Waals surface area contributed by atoms with Gasteiger partial charge >= 0.3 is 0 Å². The maximum Gasteiger partial charge on any atom is 0.141 e. The minimum absolute atomic E-state index is 0.0706. The maximum atomic E-state index is 11.6. The number of Topliss-reactive ketones (excluding diaryl/α,β-unsaturated/α-hetero) is 1. The zero-order valence-corrected chi connectivity index (χ0v) is 7.92. The second-order valence-corrected chi connectivity index (χ2v) is 3.82. The van der Waals surface area contributed by atoms with Gasteiger partial charge in [0.1, 0.15) is 5.78 Å². The number of rotatable bonds is 2. The molecule has 0 amide bonds. The van der Waals surface area contributed by atoms with E-state index in [0.29, 0.717) is 6.42 Å². The third-order valence-electron chi connectivity index (χ3n) is 2.89. The summed E-state index contributed by atoms with van der Waals surface area (Å²) >= 11 is 0. The first-order chi connectivity index (χ1) is 5.66. The van der Waals surface area contributed by atoms with Crippen molar-refractivity contribution in [1.82, 2.24) is 0 Å². The zero-order chi connectivity index (χ0) is 9.14. The predicted molar refractivity (Wildman–Crippen MR) is 47.8 cm³/mol. The fourth-order valence-electron chi connectivity index (χ4n) is 1.96. The van der Waals surface area contributed by atoms with Crippen LogP contribution >= 0.6 is 0 Å². The van der Waals surface area contributed by atoms with E-state index >= 15 is 0 Å². The van der Waals surface area contributed by atoms with Gasteiger partial charge in [-0.3, -0.25) is 4.79 Å². The van der Waals surface area contributed by atoms with E-state index in [-0.39, 0.29) is 17.6 Å². The third kappa shape index (κ3) is 1.86. The second kappa shape index (κ2) is 4.04. The van der Waals surface area contributed by atoms with Crippen molar-refractivity contribution in [2.24, 2.45) is 11.8 Å². The molecular weight excluding hydrogens is 152 g/mol. The second-order valence-electron chi connectivity index (χ2n) is 3.82. The highest BCUT2D eigenvalue weighted by Crippen LogP contribution is 2.28. The SMILES string of the molecule is CCC(O)C1CCCC(C)C1=O. The molecule has 1 aliphatic rings. The van der Waals surface area contributed by atoms with Crippen LogP contribution in [0.5, 0.6) is 0 Å². The highest BCUT2D eigenvalue weighted by Gasteiger charge is 2.32. The lowest BCUT2D eigenvalue weighted by Gasteiger charge is -2.28. The number of aliphatic hydroxyl groups is 1. The van der Waals surface area contributed by atoms with Crippen LogP contribution < -0.4 is 0 Å². The first-order valence-corrected chi connectivity index (χ1v) is 4.88. The minimum Gasteiger partial charge on any atom is -0.392 e. The summed E-state index contributed by atoms with van der Waals surface area (Å²) in [5.74, 6) is 0.374. The summed E-state index contributed by atoms with van der Waals surface area (Å²) in [4.78, 5) is 11.6. The van der Waals surface area contributed by atoms with E-state index in [1.807, 2.05) is 13.8 Å². The molecule has 0 aliphatic heterocycles. The molecule has 0 saturated heterocycles. The summed E-state index contributed by atoms with van der Waals surface area (Å²) in [5.41, 5.74) is 0. The number of aliphatic hydroxyl groups excluding tert-OH is 1. The molecular formula is C10H18O2. The molecule has 0 aromatic heterocycles. The molecule has 0 radical (unpaired) electrons. The lowest BCUT2D eigenvalue weighted by Crippen LogP contribution is -2.34. The molecule has 1 fully saturated rings. The van der Waals surface area contributed by atoms with Crippen molar-refractivity contribution in [3.63, 3.8) is 0 Å². The largest absolute Gasteiger partial charge is 0.392 e. The van der Waals surface area contributed by atoms with Gasteiger partial charge in [-0.25, -0.2) is 0 Å². The van der Waals surface area contributed by atoms with Gasteiger partial charge in [-0.1, -0.05) is 20.3 Å². The standard InChI is InChI=1S/C10H18O2/c1-3-9(11)8-6-4-5-7(2)10(8)12/h7-9,11H,3-6H2,1-2H3. The molecule has 3 unspecified atom stereocenters. The number of hydrogen-bond acceptors (Lipinski definition) is 2. The normalized spacial score (nSPS) is 33.4. The summed E-state index contributed by atoms with van der Waals surface area (Å²) in [6, 6.07) is 0. The molecule has 0 spiro atoms. The molecule has 1 saturated carbocycles. The predicted octanol–water partition coefficient (Wildman–Crippen LogP) is 1.76. The monoisotopic (exact) mass is 170 g/mol. The van der Waals surface area contributed by atoms with Gasteiger partial charge in [0.25, 0.3) is 0 Å². The Balaban J connectivity index is 2.57. The van der Waals surface area contributed by atoms with Gasteiger partial charge in [0.05, 0.1) is 6.10 Å². The van der Waals surface area contributed by atoms with Crippen LogP contribution in [-0.4, -0.2) is 17.0 Å². The average molecular weight is 170 g/mol. The van der Waals surface area contributed by atoms with Crippen LogP contribution in [0.1, 0.15) is 39.5 Å². The molecule has 70 valence electrons. The van der Waals surface area contributed by atoms with Gasteiger partial charge in [-0.05, 0) is 19.3 Å². The first-order valence-electron chi connectivity index (χ1n) is 4.88. The Morgan fingerprint density at radius 3 is 2.83 bits per heavy atom. The summed E-state index contributed by atoms with van der Waals surface area (Å²) in [6.45, 7) is 3.90. The van der Waals surface area contributed by atoms with Crippen LogP contribution in [0.2, 0.25) is 0 Å². The Kier molecular flexibility index (Phi) is 3.27. The Bertz CT molecular complexity index is 165. The van der Waals surface area contributed by atoms with Gasteiger partial charge in [0, 0.05) is 11.8 Å². The summed E-state index contributed by atoms with van der Waals surface area (Å²) in [7, 11) is 0. The van der Waals surface area contributed by atoms with E-state index in [2.05, 4.69) is 0 Å². The van der Waals surface area contributed by atoms with Crippen LogP contribution in [0.15, 0.2) is 0 Å². The molecule has 1 N–H and O–H groups in total. The van der Waals surface area contributed by atoms with Gasteiger partial charge in [-0.2, -0.15) is 0 Å². The Hall–Kier alpha value is -0.370. The number of hydrogen-bond donors (Lipinski definition) is 1. The minimum atomic E-state index is -0.403. The highest BCUT2D eigenvalue weighted by molar-refractivity contribution is 5.84.